The highest BCUT2D eigenvalue weighted by atomic mass is 35.5. The largest absolute Gasteiger partial charge is 0.349 e. The number of rotatable bonds is 13. The molecule has 2 unspecified atom stereocenters. The first-order chi connectivity index (χ1) is 19.7. The van der Waals surface area contributed by atoms with Crippen LogP contribution in [0.15, 0.2) is 25.3 Å². The van der Waals surface area contributed by atoms with Crippen LogP contribution in [-0.4, -0.2) is 75.5 Å². The maximum absolute atomic E-state index is 14.1. The van der Waals surface area contributed by atoms with Crippen LogP contribution in [0, 0.1) is 17.8 Å². The van der Waals surface area contributed by atoms with E-state index < -0.39 is 57.5 Å². The van der Waals surface area contributed by atoms with Crippen LogP contribution in [0.4, 0.5) is 4.79 Å². The lowest BCUT2D eigenvalue weighted by Gasteiger charge is -2.37. The normalized spacial score (nSPS) is 24.4. The van der Waals surface area contributed by atoms with E-state index in [1.165, 1.54) is 4.90 Å². The minimum absolute atomic E-state index is 0.0875. The summed E-state index contributed by atoms with van der Waals surface area (Å²) < 4.78 is -1.20. The first kappa shape index (κ1) is 33.9. The summed E-state index contributed by atoms with van der Waals surface area (Å²) in [5.41, 5.74) is -0.510. The third-order valence-corrected chi connectivity index (χ3v) is 9.26. The van der Waals surface area contributed by atoms with E-state index >= 15 is 0 Å². The van der Waals surface area contributed by atoms with E-state index in [1.54, 1.807) is 12.2 Å². The summed E-state index contributed by atoms with van der Waals surface area (Å²) in [7, 11) is 0. The van der Waals surface area contributed by atoms with Crippen molar-refractivity contribution in [2.24, 2.45) is 17.8 Å². The number of hydrogen-bond acceptors (Lipinski definition) is 5. The van der Waals surface area contributed by atoms with Crippen molar-refractivity contribution in [2.45, 2.75) is 100 Å². The van der Waals surface area contributed by atoms with Gasteiger partial charge >= 0.3 is 6.03 Å². The van der Waals surface area contributed by atoms with Gasteiger partial charge in [0.25, 0.3) is 5.91 Å². The first-order valence-electron chi connectivity index (χ1n) is 14.8. The number of urea groups is 1. The predicted molar refractivity (Wildman–Crippen MR) is 163 cm³/mol. The van der Waals surface area contributed by atoms with Gasteiger partial charge in [-0.3, -0.25) is 19.2 Å². The van der Waals surface area contributed by atoms with Crippen molar-refractivity contribution in [1.29, 1.82) is 0 Å². The lowest BCUT2D eigenvalue weighted by molar-refractivity contribution is -0.144. The molecule has 0 radical (unpaired) electrons. The van der Waals surface area contributed by atoms with Gasteiger partial charge < -0.3 is 26.2 Å². The van der Waals surface area contributed by atoms with E-state index in [-0.39, 0.29) is 37.3 Å². The number of alkyl halides is 2. The Hall–Kier alpha value is -2.59. The monoisotopic (exact) mass is 625 g/mol. The Morgan fingerprint density at radius 3 is 2.24 bits per heavy atom. The van der Waals surface area contributed by atoms with E-state index in [1.807, 2.05) is 20.8 Å². The molecular weight excluding hydrogens is 581 g/mol. The molecule has 3 aliphatic rings. The van der Waals surface area contributed by atoms with Crippen molar-refractivity contribution >= 4 is 52.7 Å². The van der Waals surface area contributed by atoms with Crippen LogP contribution in [0.1, 0.15) is 72.1 Å². The van der Waals surface area contributed by atoms with Crippen molar-refractivity contribution in [1.82, 2.24) is 26.2 Å². The Morgan fingerprint density at radius 2 is 1.64 bits per heavy atom. The van der Waals surface area contributed by atoms with Crippen molar-refractivity contribution in [3.05, 3.63) is 25.3 Å². The average Bonchev–Trinajstić information content (AvgIpc) is 3.24. The number of carbonyl (C=O) groups excluding carboxylic acids is 5. The first-order valence-corrected chi connectivity index (χ1v) is 15.6. The van der Waals surface area contributed by atoms with Gasteiger partial charge in [-0.15, -0.1) is 36.4 Å². The highest BCUT2D eigenvalue weighted by Crippen LogP contribution is 2.65. The Labute approximate surface area is 258 Å². The Bertz CT molecular complexity index is 1070. The molecule has 0 aromatic heterocycles. The maximum Gasteiger partial charge on any atom is 0.315 e. The van der Waals surface area contributed by atoms with E-state index in [2.05, 4.69) is 34.4 Å². The fraction of sp³-hybridized carbons (Fsp3) is 0.700. The fourth-order valence-electron chi connectivity index (χ4n) is 6.02. The van der Waals surface area contributed by atoms with Crippen LogP contribution >= 0.6 is 23.2 Å². The van der Waals surface area contributed by atoms with Gasteiger partial charge in [0.05, 0.1) is 6.04 Å². The molecule has 2 saturated carbocycles. The van der Waals surface area contributed by atoms with Crippen LogP contribution < -0.4 is 21.3 Å². The maximum atomic E-state index is 14.1. The lowest BCUT2D eigenvalue weighted by atomic mass is 9.83. The third-order valence-electron chi connectivity index (χ3n) is 8.20. The zero-order valence-electron chi connectivity index (χ0n) is 24.8. The van der Waals surface area contributed by atoms with Gasteiger partial charge in [-0.2, -0.15) is 0 Å². The molecule has 5 amide bonds. The Kier molecular flexibility index (Phi) is 11.5. The number of piperidine rings is 1. The summed E-state index contributed by atoms with van der Waals surface area (Å²) in [6.45, 7) is 13.2. The number of carbonyl (C=O) groups is 5. The molecule has 0 bridgehead atoms. The minimum atomic E-state index is -1.20. The third kappa shape index (κ3) is 8.28. The van der Waals surface area contributed by atoms with Gasteiger partial charge in [0.15, 0.2) is 0 Å². The molecular formula is C30H45Cl2N5O5. The van der Waals surface area contributed by atoms with Crippen LogP contribution in [0.2, 0.25) is 0 Å². The van der Waals surface area contributed by atoms with Crippen molar-refractivity contribution in [3.8, 4) is 0 Å². The van der Waals surface area contributed by atoms with Crippen LogP contribution in [0.25, 0.3) is 0 Å². The number of nitrogens with zero attached hydrogens (tertiary/aromatic N) is 1. The topological polar surface area (TPSA) is 137 Å². The molecule has 5 atom stereocenters. The van der Waals surface area contributed by atoms with Gasteiger partial charge in [-0.05, 0) is 58.8 Å². The Morgan fingerprint density at radius 1 is 1.00 bits per heavy atom. The number of Topliss-reactive ketones (excluding diaryl/α,β-unsaturated/α-hetero) is 1. The number of nitrogens with one attached hydrogen (secondary N) is 4. The zero-order chi connectivity index (χ0) is 31.2. The zero-order valence-corrected chi connectivity index (χ0v) is 26.4. The molecule has 0 aromatic rings. The summed E-state index contributed by atoms with van der Waals surface area (Å²) in [5.74, 6) is -3.56. The molecule has 3 rings (SSSR count). The summed E-state index contributed by atoms with van der Waals surface area (Å²) in [6, 6.07) is -3.48. The van der Waals surface area contributed by atoms with Gasteiger partial charge in [0.1, 0.15) is 16.4 Å². The summed E-state index contributed by atoms with van der Waals surface area (Å²) >= 11 is 13.0. The molecule has 0 spiro atoms. The SMILES string of the molecule is C=CCCNC(=O)C(=O)C(CCC=C)NC(=O)[C@@H]1[C@@H]2C(CN1C(=O)[C@@H](NC(=O)NC(C)(C)C)C1CCCCC1)C2(Cl)Cl. The Balaban J connectivity index is 1.83. The molecule has 1 heterocycles. The van der Waals surface area contributed by atoms with E-state index in [0.717, 1.165) is 32.1 Å². The molecule has 0 aromatic carbocycles. The van der Waals surface area contributed by atoms with Gasteiger partial charge in [0, 0.05) is 30.5 Å². The highest BCUT2D eigenvalue weighted by Gasteiger charge is 2.74. The quantitative estimate of drug-likeness (QED) is 0.108. The number of hydrogen-bond donors (Lipinski definition) is 4. The molecule has 12 heteroatoms. The van der Waals surface area contributed by atoms with Crippen LogP contribution in [0.3, 0.4) is 0 Å². The summed E-state index contributed by atoms with van der Waals surface area (Å²) in [4.78, 5) is 67.8. The second-order valence-electron chi connectivity index (χ2n) is 12.6. The van der Waals surface area contributed by atoms with Crippen molar-refractivity contribution in [2.75, 3.05) is 13.1 Å². The number of ketones is 1. The molecule has 1 aliphatic heterocycles. The van der Waals surface area contributed by atoms with E-state index in [4.69, 9.17) is 23.2 Å². The predicted octanol–water partition coefficient (Wildman–Crippen LogP) is 3.38. The lowest BCUT2D eigenvalue weighted by Crippen LogP contribution is -2.61. The van der Waals surface area contributed by atoms with Crippen LogP contribution in [-0.2, 0) is 19.2 Å². The molecule has 234 valence electrons. The number of amides is 5. The molecule has 1 saturated heterocycles. The van der Waals surface area contributed by atoms with Gasteiger partial charge in [-0.25, -0.2) is 4.79 Å². The van der Waals surface area contributed by atoms with Crippen molar-refractivity contribution < 1.29 is 24.0 Å². The standard InChI is InChI=1S/C30H45Cl2N5O5/c1-6-8-15-20(24(38)26(40)33-16-9-7-2)34-25(39)23-21-19(30(21,31)32)17-37(23)27(41)22(18-13-11-10-12-14-18)35-28(42)36-29(3,4)5/h6-7,18-23H,1-2,8-17H2,3-5H3,(H,33,40)(H,34,39)(H2,35,36,42)/t19?,20?,21-,22-,23-/m0/s1. The second-order valence-corrected chi connectivity index (χ2v) is 14.0. The fourth-order valence-corrected chi connectivity index (χ4v) is 6.85. The molecule has 3 fully saturated rings. The summed E-state index contributed by atoms with van der Waals surface area (Å²) in [6.07, 6.45) is 8.74. The van der Waals surface area contributed by atoms with Crippen LogP contribution in [0.5, 0.6) is 0 Å². The average molecular weight is 627 g/mol. The number of likely N-dealkylation sites (tertiary alicyclic amines) is 1. The highest BCUT2D eigenvalue weighted by molar-refractivity contribution is 6.51. The van der Waals surface area contributed by atoms with E-state index in [0.29, 0.717) is 12.8 Å². The molecule has 42 heavy (non-hydrogen) atoms. The van der Waals surface area contributed by atoms with Gasteiger partial charge in [0.2, 0.25) is 17.6 Å². The minimum Gasteiger partial charge on any atom is -0.349 e. The second kappa shape index (κ2) is 14.3. The molecule has 2 aliphatic carbocycles. The van der Waals surface area contributed by atoms with Crippen molar-refractivity contribution in [3.63, 3.8) is 0 Å². The number of allylic oxidation sites excluding steroid dienone is 1. The number of fused-ring (bicyclic) bond motifs is 1. The van der Waals surface area contributed by atoms with Gasteiger partial charge in [-0.1, -0.05) is 31.4 Å². The summed E-state index contributed by atoms with van der Waals surface area (Å²) in [5, 5.41) is 11.0. The number of halogens is 2. The molecule has 4 N–H and O–H groups in total. The van der Waals surface area contributed by atoms with E-state index in [9.17, 15) is 24.0 Å². The smallest absolute Gasteiger partial charge is 0.315 e. The molecule has 10 nitrogen and oxygen atoms in total.